The van der Waals surface area contributed by atoms with E-state index in [9.17, 15) is 13.2 Å². The average Bonchev–Trinajstić information content (AvgIpc) is 2.37. The number of thioether (sulfide) groups is 1. The van der Waals surface area contributed by atoms with Gasteiger partial charge in [-0.2, -0.15) is 0 Å². The van der Waals surface area contributed by atoms with Crippen LogP contribution in [0.3, 0.4) is 0 Å². The Bertz CT molecular complexity index is 614. The minimum absolute atomic E-state index is 0.0127. The molecule has 2 rings (SSSR count). The number of anilines is 2. The molecule has 7 heteroatoms. The van der Waals surface area contributed by atoms with Gasteiger partial charge in [-0.15, -0.1) is 11.8 Å². The van der Waals surface area contributed by atoms with Crippen LogP contribution in [0, 0.1) is 0 Å². The second kappa shape index (κ2) is 6.05. The fraction of sp³-hybridized carbons (Fsp3) is 0.462. The molecule has 0 spiro atoms. The van der Waals surface area contributed by atoms with E-state index in [1.807, 2.05) is 25.1 Å². The van der Waals surface area contributed by atoms with Crippen molar-refractivity contribution in [3.05, 3.63) is 18.2 Å². The van der Waals surface area contributed by atoms with E-state index >= 15 is 0 Å². The molecule has 0 fully saturated rings. The molecule has 0 saturated heterocycles. The van der Waals surface area contributed by atoms with Gasteiger partial charge >= 0.3 is 0 Å². The van der Waals surface area contributed by atoms with E-state index in [1.54, 1.807) is 6.92 Å². The van der Waals surface area contributed by atoms with Crippen LogP contribution in [0.5, 0.6) is 0 Å². The van der Waals surface area contributed by atoms with Crippen molar-refractivity contribution in [1.82, 2.24) is 0 Å². The zero-order chi connectivity index (χ0) is 14.8. The lowest BCUT2D eigenvalue weighted by atomic mass is 10.2. The molecule has 1 aromatic rings. The van der Waals surface area contributed by atoms with E-state index in [0.29, 0.717) is 5.75 Å². The fourth-order valence-corrected chi connectivity index (χ4v) is 3.87. The predicted molar refractivity (Wildman–Crippen MR) is 83.2 cm³/mol. The summed E-state index contributed by atoms with van der Waals surface area (Å²) >= 11 is 1.50. The van der Waals surface area contributed by atoms with Crippen LogP contribution in [-0.4, -0.2) is 37.6 Å². The van der Waals surface area contributed by atoms with Crippen molar-refractivity contribution in [3.8, 4) is 0 Å². The van der Waals surface area contributed by atoms with Crippen molar-refractivity contribution in [3.63, 3.8) is 0 Å². The molecule has 1 amide bonds. The normalized spacial score (nSPS) is 16.2. The molecule has 5 nitrogen and oxygen atoms in total. The third-order valence-electron chi connectivity index (χ3n) is 2.97. The van der Waals surface area contributed by atoms with Gasteiger partial charge in [-0.3, -0.25) is 4.79 Å². The van der Waals surface area contributed by atoms with Gasteiger partial charge in [0.15, 0.2) is 9.84 Å². The Morgan fingerprint density at radius 2 is 2.20 bits per heavy atom. The number of hydrogen-bond donors (Lipinski definition) is 2. The van der Waals surface area contributed by atoms with Crippen LogP contribution in [0.25, 0.3) is 0 Å². The van der Waals surface area contributed by atoms with Crippen LogP contribution in [0.1, 0.15) is 13.8 Å². The number of benzene rings is 1. The molecule has 0 aliphatic carbocycles. The standard InChI is InChI=1S/C13H18N2O3S2/c1-3-20(17,18)8-9(2)14-10-4-5-12-11(6-10)15-13(16)7-19-12/h4-6,9,14H,3,7-8H2,1-2H3,(H,15,16). The molecular weight excluding hydrogens is 296 g/mol. The van der Waals surface area contributed by atoms with Gasteiger partial charge in [0.05, 0.1) is 17.2 Å². The maximum Gasteiger partial charge on any atom is 0.234 e. The molecule has 1 aromatic carbocycles. The SMILES string of the molecule is CCS(=O)(=O)CC(C)Nc1ccc2c(c1)NC(=O)CS2. The molecule has 2 N–H and O–H groups in total. The molecule has 110 valence electrons. The lowest BCUT2D eigenvalue weighted by Gasteiger charge is -2.19. The van der Waals surface area contributed by atoms with Gasteiger partial charge in [-0.25, -0.2) is 8.42 Å². The summed E-state index contributed by atoms with van der Waals surface area (Å²) in [6.07, 6.45) is 0. The first kappa shape index (κ1) is 15.2. The number of carbonyl (C=O) groups excluding carboxylic acids is 1. The van der Waals surface area contributed by atoms with E-state index in [4.69, 9.17) is 0 Å². The Kier molecular flexibility index (Phi) is 4.59. The van der Waals surface area contributed by atoms with Crippen molar-refractivity contribution >= 4 is 38.9 Å². The van der Waals surface area contributed by atoms with Crippen molar-refractivity contribution in [2.75, 3.05) is 27.9 Å². The minimum Gasteiger partial charge on any atom is -0.382 e. The Morgan fingerprint density at radius 1 is 1.45 bits per heavy atom. The Labute approximate surface area is 123 Å². The summed E-state index contributed by atoms with van der Waals surface area (Å²) in [5.41, 5.74) is 1.59. The highest BCUT2D eigenvalue weighted by Crippen LogP contribution is 2.33. The number of amides is 1. The lowest BCUT2D eigenvalue weighted by molar-refractivity contribution is -0.113. The first-order chi connectivity index (χ1) is 9.39. The van der Waals surface area contributed by atoms with Crippen molar-refractivity contribution in [2.45, 2.75) is 24.8 Å². The molecule has 0 bridgehead atoms. The van der Waals surface area contributed by atoms with E-state index in [1.165, 1.54) is 11.8 Å². The number of carbonyl (C=O) groups is 1. The molecule has 0 aromatic heterocycles. The summed E-state index contributed by atoms with van der Waals surface area (Å²) < 4.78 is 23.2. The molecule has 1 aliphatic rings. The van der Waals surface area contributed by atoms with Gasteiger partial charge in [-0.05, 0) is 25.1 Å². The summed E-state index contributed by atoms with van der Waals surface area (Å²) in [6, 6.07) is 5.50. The van der Waals surface area contributed by atoms with Crippen LogP contribution in [0.4, 0.5) is 11.4 Å². The topological polar surface area (TPSA) is 75.3 Å². The zero-order valence-electron chi connectivity index (χ0n) is 11.5. The molecule has 0 radical (unpaired) electrons. The second-order valence-corrected chi connectivity index (χ2v) is 8.21. The Morgan fingerprint density at radius 3 is 2.90 bits per heavy atom. The maximum absolute atomic E-state index is 11.6. The quantitative estimate of drug-likeness (QED) is 0.869. The summed E-state index contributed by atoms with van der Waals surface area (Å²) in [5, 5.41) is 5.97. The van der Waals surface area contributed by atoms with Crippen molar-refractivity contribution in [2.24, 2.45) is 0 Å². The maximum atomic E-state index is 11.6. The van der Waals surface area contributed by atoms with Gasteiger partial charge in [-0.1, -0.05) is 6.92 Å². The highest BCUT2D eigenvalue weighted by atomic mass is 32.2. The van der Waals surface area contributed by atoms with Crippen LogP contribution in [0.2, 0.25) is 0 Å². The number of fused-ring (bicyclic) bond motifs is 1. The van der Waals surface area contributed by atoms with Gasteiger partial charge in [0.2, 0.25) is 5.91 Å². The van der Waals surface area contributed by atoms with Crippen LogP contribution in [0.15, 0.2) is 23.1 Å². The third kappa shape index (κ3) is 3.89. The molecule has 0 saturated carbocycles. The number of rotatable bonds is 5. The second-order valence-electron chi connectivity index (χ2n) is 4.79. The third-order valence-corrected chi connectivity index (χ3v) is 5.93. The summed E-state index contributed by atoms with van der Waals surface area (Å²) in [7, 11) is -3.00. The van der Waals surface area contributed by atoms with E-state index in [2.05, 4.69) is 10.6 Å². The number of hydrogen-bond acceptors (Lipinski definition) is 5. The van der Waals surface area contributed by atoms with Crippen molar-refractivity contribution < 1.29 is 13.2 Å². The lowest BCUT2D eigenvalue weighted by Crippen LogP contribution is -2.27. The molecule has 1 heterocycles. The number of sulfone groups is 1. The highest BCUT2D eigenvalue weighted by molar-refractivity contribution is 8.00. The summed E-state index contributed by atoms with van der Waals surface area (Å²) in [6.45, 7) is 3.48. The zero-order valence-corrected chi connectivity index (χ0v) is 13.1. The van der Waals surface area contributed by atoms with Gasteiger partial charge in [0.25, 0.3) is 0 Å². The van der Waals surface area contributed by atoms with E-state index < -0.39 is 9.84 Å². The average molecular weight is 314 g/mol. The van der Waals surface area contributed by atoms with Gasteiger partial charge < -0.3 is 10.6 Å². The predicted octanol–water partition coefficient (Wildman–Crippen LogP) is 1.97. The molecular formula is C13H18N2O3S2. The molecule has 20 heavy (non-hydrogen) atoms. The first-order valence-corrected chi connectivity index (χ1v) is 9.24. The Hall–Kier alpha value is -1.21. The van der Waals surface area contributed by atoms with E-state index in [0.717, 1.165) is 16.3 Å². The monoisotopic (exact) mass is 314 g/mol. The van der Waals surface area contributed by atoms with Gasteiger partial charge in [0, 0.05) is 22.4 Å². The minimum atomic E-state index is -3.00. The molecule has 1 unspecified atom stereocenters. The van der Waals surface area contributed by atoms with Crippen LogP contribution < -0.4 is 10.6 Å². The molecule has 1 atom stereocenters. The van der Waals surface area contributed by atoms with E-state index in [-0.39, 0.29) is 23.5 Å². The largest absolute Gasteiger partial charge is 0.382 e. The summed E-state index contributed by atoms with van der Waals surface area (Å²) in [4.78, 5) is 12.4. The number of nitrogens with one attached hydrogen (secondary N) is 2. The van der Waals surface area contributed by atoms with Crippen LogP contribution in [-0.2, 0) is 14.6 Å². The first-order valence-electron chi connectivity index (χ1n) is 6.43. The van der Waals surface area contributed by atoms with Crippen LogP contribution >= 0.6 is 11.8 Å². The fourth-order valence-electron chi connectivity index (χ4n) is 2.00. The van der Waals surface area contributed by atoms with Crippen molar-refractivity contribution in [1.29, 1.82) is 0 Å². The summed E-state index contributed by atoms with van der Waals surface area (Å²) in [5.74, 6) is 0.670. The highest BCUT2D eigenvalue weighted by Gasteiger charge is 2.17. The molecule has 1 aliphatic heterocycles. The smallest absolute Gasteiger partial charge is 0.234 e. The van der Waals surface area contributed by atoms with Gasteiger partial charge in [0.1, 0.15) is 0 Å². The Balaban J connectivity index is 2.07.